The van der Waals surface area contributed by atoms with Gasteiger partial charge in [0.15, 0.2) is 0 Å². The molecule has 116 valence electrons. The maximum absolute atomic E-state index is 14.3. The highest BCUT2D eigenvalue weighted by atomic mass is 35.5. The molecule has 22 heavy (non-hydrogen) atoms. The first-order valence-corrected chi connectivity index (χ1v) is 6.92. The van der Waals surface area contributed by atoms with Crippen LogP contribution in [0, 0.1) is 5.82 Å². The highest BCUT2D eigenvalue weighted by Gasteiger charge is 2.31. The van der Waals surface area contributed by atoms with Crippen LogP contribution in [0.3, 0.4) is 0 Å². The summed E-state index contributed by atoms with van der Waals surface area (Å²) in [5.41, 5.74) is 3.38. The van der Waals surface area contributed by atoms with Crippen LogP contribution in [-0.2, 0) is 16.0 Å². The molecule has 7 nitrogen and oxygen atoms in total. The lowest BCUT2D eigenvalue weighted by Crippen LogP contribution is -2.59. The molecule has 2 aliphatic rings. The highest BCUT2D eigenvalue weighted by molar-refractivity contribution is 6.33. The number of hydrazine groups is 1. The molecule has 0 aliphatic carbocycles. The smallest absolute Gasteiger partial charge is 0.324 e. The Labute approximate surface area is 130 Å². The van der Waals surface area contributed by atoms with Crippen LogP contribution < -0.4 is 15.8 Å². The van der Waals surface area contributed by atoms with Gasteiger partial charge in [-0.3, -0.25) is 19.5 Å². The van der Waals surface area contributed by atoms with E-state index in [2.05, 4.69) is 10.7 Å². The van der Waals surface area contributed by atoms with Crippen molar-refractivity contribution >= 4 is 40.8 Å². The molecule has 0 spiro atoms. The van der Waals surface area contributed by atoms with Crippen molar-refractivity contribution in [3.8, 4) is 0 Å². The number of nitrogens with zero attached hydrogens (tertiary/aromatic N) is 2. The van der Waals surface area contributed by atoms with Crippen molar-refractivity contribution in [2.24, 2.45) is 0 Å². The fourth-order valence-electron chi connectivity index (χ4n) is 2.32. The van der Waals surface area contributed by atoms with Crippen LogP contribution >= 0.6 is 11.6 Å². The molecule has 1 unspecified atom stereocenters. The van der Waals surface area contributed by atoms with Crippen molar-refractivity contribution in [3.05, 3.63) is 23.5 Å². The molecule has 1 atom stereocenters. The molecule has 2 heterocycles. The summed E-state index contributed by atoms with van der Waals surface area (Å²) in [5, 5.41) is 2.94. The Morgan fingerprint density at radius 3 is 2.73 bits per heavy atom. The number of imide groups is 1. The number of hydrogen-bond acceptors (Lipinski definition) is 4. The van der Waals surface area contributed by atoms with Crippen molar-refractivity contribution in [1.82, 2.24) is 10.3 Å². The van der Waals surface area contributed by atoms with Gasteiger partial charge < -0.3 is 5.32 Å². The van der Waals surface area contributed by atoms with Gasteiger partial charge in [0.1, 0.15) is 17.7 Å². The number of urea groups is 1. The Morgan fingerprint density at radius 1 is 1.32 bits per heavy atom. The van der Waals surface area contributed by atoms with Gasteiger partial charge in [0.2, 0.25) is 5.91 Å². The van der Waals surface area contributed by atoms with Crippen molar-refractivity contribution in [3.63, 3.8) is 0 Å². The summed E-state index contributed by atoms with van der Waals surface area (Å²) in [5.74, 6) is -1.45. The van der Waals surface area contributed by atoms with Gasteiger partial charge in [-0.2, -0.15) is 0 Å². The number of carbonyl (C=O) groups excluding carboxylic acids is 3. The molecule has 3 rings (SSSR count). The number of likely N-dealkylation sites (N-methyl/N-ethyl adjacent to an activating group) is 1. The number of anilines is 2. The first-order valence-electron chi connectivity index (χ1n) is 6.49. The number of fused-ring (bicyclic) bond motifs is 1. The predicted molar refractivity (Wildman–Crippen MR) is 77.0 cm³/mol. The maximum atomic E-state index is 14.3. The topological polar surface area (TPSA) is 81.8 Å². The van der Waals surface area contributed by atoms with E-state index in [1.807, 2.05) is 0 Å². The molecule has 1 saturated heterocycles. The Balaban J connectivity index is 1.95. The van der Waals surface area contributed by atoms with E-state index in [4.69, 9.17) is 11.6 Å². The molecule has 2 N–H and O–H groups in total. The average molecular weight is 327 g/mol. The van der Waals surface area contributed by atoms with E-state index < -0.39 is 23.1 Å². The van der Waals surface area contributed by atoms with Gasteiger partial charge in [0.25, 0.3) is 5.91 Å². The monoisotopic (exact) mass is 326 g/mol. The minimum atomic E-state index is -0.748. The third-order valence-corrected chi connectivity index (χ3v) is 3.96. The average Bonchev–Trinajstić information content (AvgIpc) is 2.45. The second kappa shape index (κ2) is 5.13. The Hall–Kier alpha value is -2.35. The van der Waals surface area contributed by atoms with Crippen LogP contribution in [-0.4, -0.2) is 41.7 Å². The minimum absolute atomic E-state index is 0.00173. The molecule has 0 aromatic heterocycles. The van der Waals surface area contributed by atoms with E-state index in [0.29, 0.717) is 11.3 Å². The predicted octanol–water partition coefficient (Wildman–Crippen LogP) is 0.831. The molecule has 1 aromatic carbocycles. The summed E-state index contributed by atoms with van der Waals surface area (Å²) in [7, 11) is 1.33. The van der Waals surface area contributed by atoms with Gasteiger partial charge in [0, 0.05) is 12.7 Å². The number of carbonyl (C=O) groups is 3. The number of rotatable bonds is 1. The summed E-state index contributed by atoms with van der Waals surface area (Å²) in [4.78, 5) is 35.8. The quantitative estimate of drug-likeness (QED) is 0.749. The summed E-state index contributed by atoms with van der Waals surface area (Å²) in [6, 6.07) is 1.97. The van der Waals surface area contributed by atoms with E-state index in [1.165, 1.54) is 19.2 Å². The third-order valence-electron chi connectivity index (χ3n) is 3.61. The van der Waals surface area contributed by atoms with Gasteiger partial charge in [-0.05, 0) is 24.1 Å². The van der Waals surface area contributed by atoms with Crippen LogP contribution in [0.1, 0.15) is 5.56 Å². The van der Waals surface area contributed by atoms with Crippen LogP contribution in [0.25, 0.3) is 0 Å². The first kappa shape index (κ1) is 14.6. The second-order valence-electron chi connectivity index (χ2n) is 5.08. The molecule has 0 radical (unpaired) electrons. The first-order chi connectivity index (χ1) is 10.4. The van der Waals surface area contributed by atoms with Crippen LogP contribution in [0.15, 0.2) is 12.1 Å². The summed E-state index contributed by atoms with van der Waals surface area (Å²) in [6.45, 7) is -0.204. The van der Waals surface area contributed by atoms with E-state index in [9.17, 15) is 18.8 Å². The van der Waals surface area contributed by atoms with Crippen molar-refractivity contribution in [2.45, 2.75) is 11.8 Å². The summed E-state index contributed by atoms with van der Waals surface area (Å²) >= 11 is 5.84. The molecule has 9 heteroatoms. The second-order valence-corrected chi connectivity index (χ2v) is 5.60. The fraction of sp³-hybridized carbons (Fsp3) is 0.308. The molecule has 0 saturated carbocycles. The van der Waals surface area contributed by atoms with Gasteiger partial charge in [-0.15, -0.1) is 11.6 Å². The largest absolute Gasteiger partial charge is 0.342 e. The number of halogens is 2. The number of hydrogen-bond donors (Lipinski definition) is 2. The Morgan fingerprint density at radius 2 is 2.05 bits per heavy atom. The number of nitrogens with one attached hydrogen (secondary N) is 2. The lowest BCUT2D eigenvalue weighted by Gasteiger charge is -2.33. The lowest BCUT2D eigenvalue weighted by molar-refractivity contribution is -0.126. The third kappa shape index (κ3) is 2.35. The van der Waals surface area contributed by atoms with E-state index >= 15 is 0 Å². The van der Waals surface area contributed by atoms with E-state index in [-0.39, 0.29) is 24.6 Å². The Kier molecular flexibility index (Phi) is 3.40. The fourth-order valence-corrected chi connectivity index (χ4v) is 2.54. The normalized spacial score (nSPS) is 21.4. The zero-order valence-corrected chi connectivity index (χ0v) is 12.3. The molecular formula is C13H12ClFN4O3. The summed E-state index contributed by atoms with van der Waals surface area (Å²) < 4.78 is 14.3. The van der Waals surface area contributed by atoms with Crippen molar-refractivity contribution < 1.29 is 18.8 Å². The minimum Gasteiger partial charge on any atom is -0.324 e. The molecular weight excluding hydrogens is 315 g/mol. The number of alkyl halides is 1. The van der Waals surface area contributed by atoms with Crippen molar-refractivity contribution in [2.75, 3.05) is 23.9 Å². The van der Waals surface area contributed by atoms with Crippen molar-refractivity contribution in [1.29, 1.82) is 0 Å². The molecule has 0 bridgehead atoms. The van der Waals surface area contributed by atoms with Gasteiger partial charge in [-0.1, -0.05) is 0 Å². The molecule has 4 amide bonds. The zero-order chi connectivity index (χ0) is 16.0. The van der Waals surface area contributed by atoms with Crippen LogP contribution in [0.2, 0.25) is 0 Å². The molecule has 1 fully saturated rings. The highest BCUT2D eigenvalue weighted by Crippen LogP contribution is 2.31. The lowest BCUT2D eigenvalue weighted by atomic mass is 10.0. The standard InChI is InChI=1S/C13H12ClFN4O3/c1-18-11(20)5-19(17-13(18)22)10-4-9-6(3-8(10)15)2-7(14)12(21)16-9/h3-4,7H,2,5H2,1H3,(H,16,21)(H,17,22). The van der Waals surface area contributed by atoms with Crippen LogP contribution in [0.4, 0.5) is 20.6 Å². The molecule has 2 aliphatic heterocycles. The number of benzene rings is 1. The van der Waals surface area contributed by atoms with E-state index in [0.717, 1.165) is 9.91 Å². The molecule has 1 aromatic rings. The number of amides is 4. The SMILES string of the molecule is CN1C(=O)CN(c2cc3c(cc2F)CC(Cl)C(=O)N3)NC1=O. The van der Waals surface area contributed by atoms with Gasteiger partial charge in [-0.25, -0.2) is 14.6 Å². The van der Waals surface area contributed by atoms with E-state index in [1.54, 1.807) is 0 Å². The van der Waals surface area contributed by atoms with Gasteiger partial charge in [0.05, 0.1) is 5.69 Å². The maximum Gasteiger partial charge on any atom is 0.342 e. The van der Waals surface area contributed by atoms with Crippen LogP contribution in [0.5, 0.6) is 0 Å². The van der Waals surface area contributed by atoms with Gasteiger partial charge >= 0.3 is 6.03 Å². The Bertz CT molecular complexity index is 678. The summed E-state index contributed by atoms with van der Waals surface area (Å²) in [6.07, 6.45) is 0.216. The zero-order valence-electron chi connectivity index (χ0n) is 11.5.